The lowest BCUT2D eigenvalue weighted by Crippen LogP contribution is -2.44. The second-order valence-corrected chi connectivity index (χ2v) is 2.69. The van der Waals surface area contributed by atoms with Crippen LogP contribution in [0.25, 0.3) is 0 Å². The first kappa shape index (κ1) is 12.0. The summed E-state index contributed by atoms with van der Waals surface area (Å²) in [5.74, 6) is 0. The molecule has 0 spiro atoms. The predicted octanol–water partition coefficient (Wildman–Crippen LogP) is 1.08. The highest BCUT2D eigenvalue weighted by molar-refractivity contribution is 5.85. The minimum Gasteiger partial charge on any atom is -0.382 e. The van der Waals surface area contributed by atoms with Gasteiger partial charge in [0, 0.05) is 6.04 Å². The lowest BCUT2D eigenvalue weighted by molar-refractivity contribution is -0.210. The smallest absolute Gasteiger partial charge is 0.382 e. The third-order valence-corrected chi connectivity index (χ3v) is 1.81. The van der Waals surface area contributed by atoms with E-state index in [0.717, 1.165) is 0 Å². The lowest BCUT2D eigenvalue weighted by atomic mass is 10.1. The number of hydrogen-bond acceptors (Lipinski definition) is 2. The van der Waals surface area contributed by atoms with Crippen molar-refractivity contribution in [3.05, 3.63) is 0 Å². The number of alkyl halides is 3. The molecule has 0 bridgehead atoms. The zero-order valence-corrected chi connectivity index (χ0v) is 7.08. The Hall–Kier alpha value is -0.0000000000000000555. The molecule has 2 unspecified atom stereocenters. The highest BCUT2D eigenvalue weighted by atomic mass is 35.5. The summed E-state index contributed by atoms with van der Waals surface area (Å²) in [4.78, 5) is 0. The average molecular weight is 206 g/mol. The Morgan fingerprint density at radius 2 is 2.00 bits per heavy atom. The van der Waals surface area contributed by atoms with Gasteiger partial charge in [-0.2, -0.15) is 13.2 Å². The van der Waals surface area contributed by atoms with Crippen LogP contribution < -0.4 is 5.32 Å². The second kappa shape index (κ2) is 4.30. The van der Waals surface area contributed by atoms with E-state index in [-0.39, 0.29) is 12.4 Å². The SMILES string of the molecule is Cl.OC(C1CCCN1)C(F)(F)F. The molecule has 1 aliphatic rings. The Labute approximate surface area is 74.6 Å². The van der Waals surface area contributed by atoms with Crippen molar-refractivity contribution in [2.24, 2.45) is 0 Å². The van der Waals surface area contributed by atoms with Crippen molar-refractivity contribution in [1.82, 2.24) is 5.32 Å². The molecule has 0 aromatic rings. The molecule has 0 saturated carbocycles. The summed E-state index contributed by atoms with van der Waals surface area (Å²) in [5, 5.41) is 11.3. The maximum absolute atomic E-state index is 11.8. The van der Waals surface area contributed by atoms with E-state index in [2.05, 4.69) is 5.32 Å². The number of aliphatic hydroxyl groups excluding tert-OH is 1. The van der Waals surface area contributed by atoms with Crippen LogP contribution in [0.2, 0.25) is 0 Å². The van der Waals surface area contributed by atoms with Crippen molar-refractivity contribution < 1.29 is 18.3 Å². The van der Waals surface area contributed by atoms with Gasteiger partial charge in [0.25, 0.3) is 0 Å². The monoisotopic (exact) mass is 205 g/mol. The molecule has 6 heteroatoms. The summed E-state index contributed by atoms with van der Waals surface area (Å²) in [6.07, 6.45) is -5.58. The highest BCUT2D eigenvalue weighted by Crippen LogP contribution is 2.25. The molecule has 0 radical (unpaired) electrons. The summed E-state index contributed by atoms with van der Waals surface area (Å²) in [6.45, 7) is 0.567. The first-order valence-corrected chi connectivity index (χ1v) is 3.50. The molecular weight excluding hydrogens is 195 g/mol. The molecule has 1 aliphatic heterocycles. The van der Waals surface area contributed by atoms with Crippen molar-refractivity contribution in [1.29, 1.82) is 0 Å². The maximum atomic E-state index is 11.8. The third-order valence-electron chi connectivity index (χ3n) is 1.81. The highest BCUT2D eigenvalue weighted by Gasteiger charge is 2.44. The molecule has 12 heavy (non-hydrogen) atoms. The van der Waals surface area contributed by atoms with E-state index in [1.54, 1.807) is 0 Å². The Morgan fingerprint density at radius 3 is 2.33 bits per heavy atom. The zero-order chi connectivity index (χ0) is 8.48. The van der Waals surface area contributed by atoms with Crippen molar-refractivity contribution >= 4 is 12.4 Å². The molecule has 0 aromatic heterocycles. The van der Waals surface area contributed by atoms with Crippen molar-refractivity contribution in [3.63, 3.8) is 0 Å². The number of halogens is 4. The molecule has 0 aliphatic carbocycles. The molecule has 0 aromatic carbocycles. The fourth-order valence-corrected chi connectivity index (χ4v) is 1.21. The van der Waals surface area contributed by atoms with Gasteiger partial charge in [-0.25, -0.2) is 0 Å². The van der Waals surface area contributed by atoms with E-state index in [4.69, 9.17) is 5.11 Å². The summed E-state index contributed by atoms with van der Waals surface area (Å²) < 4.78 is 35.4. The molecule has 1 fully saturated rings. The summed E-state index contributed by atoms with van der Waals surface area (Å²) in [5.41, 5.74) is 0. The van der Waals surface area contributed by atoms with Crippen molar-refractivity contribution in [2.45, 2.75) is 31.2 Å². The van der Waals surface area contributed by atoms with Gasteiger partial charge in [0.15, 0.2) is 6.10 Å². The quantitative estimate of drug-likeness (QED) is 0.672. The van der Waals surface area contributed by atoms with E-state index >= 15 is 0 Å². The minimum atomic E-state index is -4.48. The van der Waals surface area contributed by atoms with Crippen LogP contribution in [0.3, 0.4) is 0 Å². The standard InChI is InChI=1S/C6H10F3NO.ClH/c7-6(8,9)5(11)4-2-1-3-10-4;/h4-5,10-11H,1-3H2;1H. The molecule has 0 amide bonds. The van der Waals surface area contributed by atoms with E-state index in [1.165, 1.54) is 0 Å². The van der Waals surface area contributed by atoms with Crippen LogP contribution >= 0.6 is 12.4 Å². The molecule has 74 valence electrons. The predicted molar refractivity (Wildman–Crippen MR) is 40.3 cm³/mol. The second-order valence-electron chi connectivity index (χ2n) is 2.69. The Bertz CT molecular complexity index is 135. The summed E-state index contributed by atoms with van der Waals surface area (Å²) in [7, 11) is 0. The number of rotatable bonds is 1. The van der Waals surface area contributed by atoms with Gasteiger partial charge in [-0.15, -0.1) is 12.4 Å². The van der Waals surface area contributed by atoms with Gasteiger partial charge in [0.2, 0.25) is 0 Å². The fraction of sp³-hybridized carbons (Fsp3) is 1.00. The first-order valence-electron chi connectivity index (χ1n) is 3.50. The Kier molecular flexibility index (Phi) is 4.30. The molecule has 2 N–H and O–H groups in total. The van der Waals surface area contributed by atoms with Crippen LogP contribution in [0, 0.1) is 0 Å². The molecule has 2 atom stereocenters. The van der Waals surface area contributed by atoms with Crippen LogP contribution in [-0.2, 0) is 0 Å². The summed E-state index contributed by atoms with van der Waals surface area (Å²) in [6, 6.07) is -0.796. The van der Waals surface area contributed by atoms with Gasteiger partial charge in [-0.3, -0.25) is 0 Å². The van der Waals surface area contributed by atoms with Gasteiger partial charge in [0.1, 0.15) is 0 Å². The Morgan fingerprint density at radius 1 is 1.42 bits per heavy atom. The molecule has 2 nitrogen and oxygen atoms in total. The molecule has 1 heterocycles. The third kappa shape index (κ3) is 2.80. The maximum Gasteiger partial charge on any atom is 0.415 e. The Balaban J connectivity index is 0.00000121. The molecular formula is C6H11ClF3NO. The van der Waals surface area contributed by atoms with E-state index < -0.39 is 18.3 Å². The molecule has 1 rings (SSSR count). The van der Waals surface area contributed by atoms with Crippen LogP contribution in [-0.4, -0.2) is 30.0 Å². The minimum absolute atomic E-state index is 0. The lowest BCUT2D eigenvalue weighted by Gasteiger charge is -2.20. The fourth-order valence-electron chi connectivity index (χ4n) is 1.21. The average Bonchev–Trinajstić information content (AvgIpc) is 2.34. The molecule has 1 saturated heterocycles. The van der Waals surface area contributed by atoms with Crippen LogP contribution in [0.1, 0.15) is 12.8 Å². The van der Waals surface area contributed by atoms with Gasteiger partial charge in [0.05, 0.1) is 0 Å². The van der Waals surface area contributed by atoms with Crippen LogP contribution in [0.5, 0.6) is 0 Å². The number of nitrogens with one attached hydrogen (secondary N) is 1. The van der Waals surface area contributed by atoms with E-state index in [0.29, 0.717) is 19.4 Å². The van der Waals surface area contributed by atoms with Gasteiger partial charge in [-0.05, 0) is 19.4 Å². The van der Waals surface area contributed by atoms with Gasteiger partial charge < -0.3 is 10.4 Å². The van der Waals surface area contributed by atoms with Crippen molar-refractivity contribution in [2.75, 3.05) is 6.54 Å². The normalized spacial score (nSPS) is 26.5. The topological polar surface area (TPSA) is 32.3 Å². The largest absolute Gasteiger partial charge is 0.415 e. The van der Waals surface area contributed by atoms with Crippen LogP contribution in [0.15, 0.2) is 0 Å². The van der Waals surface area contributed by atoms with E-state index in [9.17, 15) is 13.2 Å². The van der Waals surface area contributed by atoms with Crippen molar-refractivity contribution in [3.8, 4) is 0 Å². The zero-order valence-electron chi connectivity index (χ0n) is 6.27. The number of hydrogen-bond donors (Lipinski definition) is 2. The van der Waals surface area contributed by atoms with Gasteiger partial charge in [-0.1, -0.05) is 0 Å². The van der Waals surface area contributed by atoms with E-state index in [1.807, 2.05) is 0 Å². The van der Waals surface area contributed by atoms with Crippen LogP contribution in [0.4, 0.5) is 13.2 Å². The first-order chi connectivity index (χ1) is 5.02. The number of aliphatic hydroxyl groups is 1. The summed E-state index contributed by atoms with van der Waals surface area (Å²) >= 11 is 0. The van der Waals surface area contributed by atoms with Gasteiger partial charge >= 0.3 is 6.18 Å².